The number of nitrogens with one attached hydrogen (secondary N) is 1. The topological polar surface area (TPSA) is 80.1 Å². The quantitative estimate of drug-likeness (QED) is 0.732. The molecule has 0 radical (unpaired) electrons. The van der Waals surface area contributed by atoms with Crippen molar-refractivity contribution in [1.29, 1.82) is 0 Å². The maximum Gasteiger partial charge on any atom is 0.240 e. The van der Waals surface area contributed by atoms with Crippen molar-refractivity contribution in [3.8, 4) is 0 Å². The van der Waals surface area contributed by atoms with Gasteiger partial charge in [-0.2, -0.15) is 4.98 Å². The summed E-state index contributed by atoms with van der Waals surface area (Å²) >= 11 is 0. The van der Waals surface area contributed by atoms with E-state index in [1.165, 1.54) is 5.56 Å². The molecule has 3 heterocycles. The largest absolute Gasteiger partial charge is 0.384 e. The van der Waals surface area contributed by atoms with Gasteiger partial charge in [-0.05, 0) is 37.9 Å². The summed E-state index contributed by atoms with van der Waals surface area (Å²) in [6, 6.07) is 6.28. The van der Waals surface area contributed by atoms with Crippen molar-refractivity contribution in [3.05, 3.63) is 41.3 Å². The number of para-hydroxylation sites is 1. The summed E-state index contributed by atoms with van der Waals surface area (Å²) in [6.45, 7) is 5.41. The van der Waals surface area contributed by atoms with E-state index in [-0.39, 0.29) is 0 Å². The molecule has 7 heteroatoms. The zero-order chi connectivity index (χ0) is 17.9. The predicted octanol–water partition coefficient (Wildman–Crippen LogP) is 2.82. The van der Waals surface area contributed by atoms with Gasteiger partial charge in [-0.25, -0.2) is 4.98 Å². The number of benzene rings is 1. The molecule has 3 aromatic rings. The Balaban J connectivity index is 1.43. The lowest BCUT2D eigenvalue weighted by Gasteiger charge is -2.30. The molecule has 0 bridgehead atoms. The molecule has 1 aromatic carbocycles. The molecule has 0 unspecified atom stereocenters. The Bertz CT molecular complexity index is 872. The van der Waals surface area contributed by atoms with Crippen LogP contribution in [-0.4, -0.2) is 51.8 Å². The number of imidazole rings is 1. The van der Waals surface area contributed by atoms with E-state index < -0.39 is 0 Å². The third-order valence-corrected chi connectivity index (χ3v) is 5.02. The second-order valence-electron chi connectivity index (χ2n) is 7.01. The van der Waals surface area contributed by atoms with Gasteiger partial charge in [0.1, 0.15) is 5.82 Å². The van der Waals surface area contributed by atoms with Crippen LogP contribution in [-0.2, 0) is 17.7 Å². The average molecular weight is 355 g/mol. The minimum absolute atomic E-state index is 0.409. The van der Waals surface area contributed by atoms with Crippen molar-refractivity contribution in [2.45, 2.75) is 38.6 Å². The molecule has 1 atom stereocenters. The van der Waals surface area contributed by atoms with Gasteiger partial charge in [-0.1, -0.05) is 17.3 Å². The minimum atomic E-state index is 0.409. The predicted molar refractivity (Wildman–Crippen MR) is 98.0 cm³/mol. The van der Waals surface area contributed by atoms with Crippen molar-refractivity contribution < 1.29 is 9.26 Å². The molecule has 1 fully saturated rings. The van der Waals surface area contributed by atoms with Gasteiger partial charge < -0.3 is 14.2 Å². The third-order valence-electron chi connectivity index (χ3n) is 5.02. The van der Waals surface area contributed by atoms with E-state index >= 15 is 0 Å². The number of aryl methyl sites for hydroxylation is 1. The molecule has 1 N–H and O–H groups in total. The Labute approximate surface area is 152 Å². The van der Waals surface area contributed by atoms with E-state index in [2.05, 4.69) is 45.1 Å². The zero-order valence-corrected chi connectivity index (χ0v) is 15.4. The molecule has 0 spiro atoms. The number of methoxy groups -OCH3 is 1. The van der Waals surface area contributed by atoms with Crippen LogP contribution in [0.2, 0.25) is 0 Å². The number of fused-ring (bicyclic) bond motifs is 1. The van der Waals surface area contributed by atoms with Crippen molar-refractivity contribution in [3.63, 3.8) is 0 Å². The lowest BCUT2D eigenvalue weighted by molar-refractivity contribution is 0.174. The van der Waals surface area contributed by atoms with E-state index in [4.69, 9.17) is 14.2 Å². The number of aromatic amines is 1. The Hall–Kier alpha value is -2.25. The van der Waals surface area contributed by atoms with Gasteiger partial charge in [0.2, 0.25) is 5.89 Å². The molecule has 4 rings (SSSR count). The molecule has 26 heavy (non-hydrogen) atoms. The van der Waals surface area contributed by atoms with Crippen LogP contribution in [0, 0.1) is 6.92 Å². The normalized spacial score (nSPS) is 18.6. The van der Waals surface area contributed by atoms with Gasteiger partial charge >= 0.3 is 0 Å². The highest BCUT2D eigenvalue weighted by Crippen LogP contribution is 2.28. The second kappa shape index (κ2) is 7.55. The summed E-state index contributed by atoms with van der Waals surface area (Å²) < 4.78 is 10.4. The first-order valence-electron chi connectivity index (χ1n) is 9.21. The highest BCUT2D eigenvalue weighted by atomic mass is 16.5. The fourth-order valence-electron chi connectivity index (χ4n) is 3.65. The summed E-state index contributed by atoms with van der Waals surface area (Å²) in [4.78, 5) is 15.2. The van der Waals surface area contributed by atoms with Crippen LogP contribution in [0.5, 0.6) is 0 Å². The van der Waals surface area contributed by atoms with E-state index in [9.17, 15) is 0 Å². The smallest absolute Gasteiger partial charge is 0.240 e. The van der Waals surface area contributed by atoms with Crippen LogP contribution in [0.3, 0.4) is 0 Å². The summed E-state index contributed by atoms with van der Waals surface area (Å²) in [5, 5.41) is 4.02. The van der Waals surface area contributed by atoms with E-state index in [1.807, 2.05) is 0 Å². The van der Waals surface area contributed by atoms with Crippen molar-refractivity contribution >= 4 is 11.0 Å². The second-order valence-corrected chi connectivity index (χ2v) is 7.01. The molecule has 0 amide bonds. The van der Waals surface area contributed by atoms with Crippen LogP contribution in [0.4, 0.5) is 0 Å². The standard InChI is InChI=1S/C19H25N5O2/c1-13-5-3-7-15-18(13)22-19(20-15)14-6-4-9-24(11-14)12-17-21-16(23-26-17)8-10-25-2/h3,5,7,14H,4,6,8-12H2,1-2H3,(H,20,22)/t14-/m1/s1. The van der Waals surface area contributed by atoms with Crippen LogP contribution in [0.25, 0.3) is 11.0 Å². The van der Waals surface area contributed by atoms with Crippen LogP contribution in [0.1, 0.15) is 41.9 Å². The first-order chi connectivity index (χ1) is 12.7. The minimum Gasteiger partial charge on any atom is -0.384 e. The van der Waals surface area contributed by atoms with Crippen molar-refractivity contribution in [2.75, 3.05) is 26.8 Å². The number of rotatable bonds is 6. The average Bonchev–Trinajstić information content (AvgIpc) is 3.28. The van der Waals surface area contributed by atoms with E-state index in [0.29, 0.717) is 37.2 Å². The molecule has 138 valence electrons. The lowest BCUT2D eigenvalue weighted by Crippen LogP contribution is -2.34. The van der Waals surface area contributed by atoms with Crippen LogP contribution < -0.4 is 0 Å². The molecular formula is C19H25N5O2. The number of nitrogens with zero attached hydrogens (tertiary/aromatic N) is 4. The summed E-state index contributed by atoms with van der Waals surface area (Å²) in [5.41, 5.74) is 3.42. The molecule has 0 aliphatic carbocycles. The number of likely N-dealkylation sites (tertiary alicyclic amines) is 1. The molecule has 7 nitrogen and oxygen atoms in total. The first-order valence-corrected chi connectivity index (χ1v) is 9.21. The van der Waals surface area contributed by atoms with Gasteiger partial charge in [-0.15, -0.1) is 0 Å². The Morgan fingerprint density at radius 2 is 2.27 bits per heavy atom. The first kappa shape index (κ1) is 17.2. The van der Waals surface area contributed by atoms with Gasteiger partial charge in [0.05, 0.1) is 24.2 Å². The highest BCUT2D eigenvalue weighted by Gasteiger charge is 2.25. The molecule has 1 aliphatic heterocycles. The molecular weight excluding hydrogens is 330 g/mol. The monoisotopic (exact) mass is 355 g/mol. The van der Waals surface area contributed by atoms with Gasteiger partial charge in [-0.3, -0.25) is 4.90 Å². The maximum absolute atomic E-state index is 5.39. The Kier molecular flexibility index (Phi) is 4.99. The van der Waals surface area contributed by atoms with Crippen LogP contribution >= 0.6 is 0 Å². The summed E-state index contributed by atoms with van der Waals surface area (Å²) in [6.07, 6.45) is 2.98. The highest BCUT2D eigenvalue weighted by molar-refractivity contribution is 5.78. The zero-order valence-electron chi connectivity index (χ0n) is 15.4. The third kappa shape index (κ3) is 3.64. The number of piperidine rings is 1. The van der Waals surface area contributed by atoms with Crippen molar-refractivity contribution in [2.24, 2.45) is 0 Å². The maximum atomic E-state index is 5.39. The number of ether oxygens (including phenoxy) is 1. The number of H-pyrrole nitrogens is 1. The molecule has 1 saturated heterocycles. The molecule has 1 aliphatic rings. The molecule has 0 saturated carbocycles. The van der Waals surface area contributed by atoms with E-state index in [1.54, 1.807) is 7.11 Å². The van der Waals surface area contributed by atoms with Gasteiger partial charge in [0, 0.05) is 26.0 Å². The molecule has 2 aromatic heterocycles. The van der Waals surface area contributed by atoms with E-state index in [0.717, 1.165) is 42.8 Å². The van der Waals surface area contributed by atoms with Crippen molar-refractivity contribution in [1.82, 2.24) is 25.0 Å². The fourth-order valence-corrected chi connectivity index (χ4v) is 3.65. The SMILES string of the molecule is COCCc1noc(CN2CCC[C@@H](c3nc4c(C)cccc4[nH]3)C2)n1. The fraction of sp³-hybridized carbons (Fsp3) is 0.526. The summed E-state index contributed by atoms with van der Waals surface area (Å²) in [7, 11) is 1.68. The lowest BCUT2D eigenvalue weighted by atomic mass is 9.97. The van der Waals surface area contributed by atoms with Gasteiger partial charge in [0.15, 0.2) is 5.82 Å². The summed E-state index contributed by atoms with van der Waals surface area (Å²) in [5.74, 6) is 2.89. The Morgan fingerprint density at radius 1 is 1.35 bits per heavy atom. The number of hydrogen-bond donors (Lipinski definition) is 1. The van der Waals surface area contributed by atoms with Gasteiger partial charge in [0.25, 0.3) is 0 Å². The van der Waals surface area contributed by atoms with Crippen LogP contribution in [0.15, 0.2) is 22.7 Å². The Morgan fingerprint density at radius 3 is 3.12 bits per heavy atom. The number of aromatic nitrogens is 4. The number of hydrogen-bond acceptors (Lipinski definition) is 6.